The third kappa shape index (κ3) is 3.23. The summed E-state index contributed by atoms with van der Waals surface area (Å²) in [5.41, 5.74) is 0. The van der Waals surface area contributed by atoms with E-state index in [1.807, 2.05) is 6.92 Å². The maximum atomic E-state index is 11.2. The van der Waals surface area contributed by atoms with Gasteiger partial charge in [0, 0.05) is 5.75 Å². The van der Waals surface area contributed by atoms with Crippen LogP contribution in [-0.2, 0) is 9.59 Å². The number of hydrogen-bond acceptors (Lipinski definition) is 4. The molecule has 3 N–H and O–H groups in total. The SMILES string of the molecule is CC1NC(C(=O)NCC(=O)O)CS1. The van der Waals surface area contributed by atoms with Gasteiger partial charge in [0.15, 0.2) is 0 Å². The number of thioether (sulfide) groups is 1. The zero-order valence-corrected chi connectivity index (χ0v) is 8.06. The molecule has 0 bridgehead atoms. The van der Waals surface area contributed by atoms with Crippen LogP contribution < -0.4 is 10.6 Å². The smallest absolute Gasteiger partial charge is 0.322 e. The van der Waals surface area contributed by atoms with Crippen molar-refractivity contribution in [2.75, 3.05) is 12.3 Å². The molecule has 5 nitrogen and oxygen atoms in total. The second-order valence-corrected chi connectivity index (χ2v) is 4.18. The Bertz CT molecular complexity index is 222. The summed E-state index contributed by atoms with van der Waals surface area (Å²) < 4.78 is 0. The van der Waals surface area contributed by atoms with Gasteiger partial charge in [-0.3, -0.25) is 14.9 Å². The van der Waals surface area contributed by atoms with E-state index in [9.17, 15) is 9.59 Å². The summed E-state index contributed by atoms with van der Waals surface area (Å²) in [4.78, 5) is 21.4. The highest BCUT2D eigenvalue weighted by molar-refractivity contribution is 8.00. The van der Waals surface area contributed by atoms with Crippen LogP contribution in [0.2, 0.25) is 0 Å². The second-order valence-electron chi connectivity index (χ2n) is 2.81. The van der Waals surface area contributed by atoms with E-state index in [1.54, 1.807) is 11.8 Å². The highest BCUT2D eigenvalue weighted by Crippen LogP contribution is 2.17. The van der Waals surface area contributed by atoms with E-state index in [1.165, 1.54) is 0 Å². The maximum absolute atomic E-state index is 11.2. The van der Waals surface area contributed by atoms with E-state index in [2.05, 4.69) is 10.6 Å². The number of rotatable bonds is 3. The quantitative estimate of drug-likeness (QED) is 0.563. The van der Waals surface area contributed by atoms with E-state index in [-0.39, 0.29) is 23.9 Å². The molecule has 1 fully saturated rings. The topological polar surface area (TPSA) is 78.4 Å². The molecule has 0 aromatic carbocycles. The first-order chi connectivity index (χ1) is 6.09. The summed E-state index contributed by atoms with van der Waals surface area (Å²) in [7, 11) is 0. The molecule has 1 amide bonds. The number of carboxylic acids is 1. The monoisotopic (exact) mass is 204 g/mol. The minimum atomic E-state index is -1.02. The zero-order valence-electron chi connectivity index (χ0n) is 7.24. The van der Waals surface area contributed by atoms with Crippen molar-refractivity contribution in [2.24, 2.45) is 0 Å². The summed E-state index contributed by atoms with van der Waals surface area (Å²) in [6, 6.07) is -0.251. The molecule has 1 heterocycles. The van der Waals surface area contributed by atoms with Crippen LogP contribution in [0.3, 0.4) is 0 Å². The lowest BCUT2D eigenvalue weighted by atomic mass is 10.3. The molecule has 1 rings (SSSR count). The molecule has 0 saturated carbocycles. The highest BCUT2D eigenvalue weighted by atomic mass is 32.2. The van der Waals surface area contributed by atoms with Crippen molar-refractivity contribution in [3.05, 3.63) is 0 Å². The molecule has 1 saturated heterocycles. The fourth-order valence-corrected chi connectivity index (χ4v) is 2.05. The average molecular weight is 204 g/mol. The van der Waals surface area contributed by atoms with Gasteiger partial charge in [0.1, 0.15) is 6.54 Å². The van der Waals surface area contributed by atoms with Crippen LogP contribution in [-0.4, -0.2) is 40.7 Å². The fourth-order valence-electron chi connectivity index (χ4n) is 1.06. The molecular weight excluding hydrogens is 192 g/mol. The van der Waals surface area contributed by atoms with Crippen molar-refractivity contribution in [1.29, 1.82) is 0 Å². The molecule has 2 unspecified atom stereocenters. The van der Waals surface area contributed by atoms with Crippen LogP contribution in [0.15, 0.2) is 0 Å². The standard InChI is InChI=1S/C7H12N2O3S/c1-4-9-5(3-13-4)7(12)8-2-6(10)11/h4-5,9H,2-3H2,1H3,(H,8,12)(H,10,11). The van der Waals surface area contributed by atoms with Crippen LogP contribution in [0, 0.1) is 0 Å². The van der Waals surface area contributed by atoms with Crippen molar-refractivity contribution in [3.63, 3.8) is 0 Å². The van der Waals surface area contributed by atoms with E-state index < -0.39 is 5.97 Å². The van der Waals surface area contributed by atoms with Gasteiger partial charge in [-0.25, -0.2) is 0 Å². The van der Waals surface area contributed by atoms with Crippen LogP contribution in [0.4, 0.5) is 0 Å². The molecule has 0 aliphatic carbocycles. The largest absolute Gasteiger partial charge is 0.480 e. The Morgan fingerprint density at radius 3 is 2.85 bits per heavy atom. The first-order valence-electron chi connectivity index (χ1n) is 3.96. The summed E-state index contributed by atoms with van der Waals surface area (Å²) in [6.07, 6.45) is 0. The van der Waals surface area contributed by atoms with Gasteiger partial charge in [0.2, 0.25) is 5.91 Å². The summed E-state index contributed by atoms with van der Waals surface area (Å²) in [5, 5.41) is 13.9. The third-order valence-electron chi connectivity index (χ3n) is 1.68. The van der Waals surface area contributed by atoms with Gasteiger partial charge in [-0.15, -0.1) is 11.8 Å². The van der Waals surface area contributed by atoms with Crippen LogP contribution >= 0.6 is 11.8 Å². The van der Waals surface area contributed by atoms with Gasteiger partial charge in [0.05, 0.1) is 11.4 Å². The minimum Gasteiger partial charge on any atom is -0.480 e. The number of amides is 1. The predicted octanol–water partition coefficient (Wildman–Crippen LogP) is -0.762. The van der Waals surface area contributed by atoms with Gasteiger partial charge >= 0.3 is 5.97 Å². The van der Waals surface area contributed by atoms with Crippen molar-refractivity contribution in [1.82, 2.24) is 10.6 Å². The minimum absolute atomic E-state index is 0.237. The molecule has 2 atom stereocenters. The molecule has 1 aliphatic heterocycles. The molecular formula is C7H12N2O3S. The lowest BCUT2D eigenvalue weighted by Gasteiger charge is -2.09. The Morgan fingerprint density at radius 1 is 1.69 bits per heavy atom. The lowest BCUT2D eigenvalue weighted by Crippen LogP contribution is -2.45. The molecule has 0 spiro atoms. The van der Waals surface area contributed by atoms with E-state index in [0.717, 1.165) is 0 Å². The van der Waals surface area contributed by atoms with Crippen molar-refractivity contribution in [3.8, 4) is 0 Å². The number of nitrogens with one attached hydrogen (secondary N) is 2. The Balaban J connectivity index is 2.27. The summed E-state index contributed by atoms with van der Waals surface area (Å²) >= 11 is 1.65. The average Bonchev–Trinajstić information content (AvgIpc) is 2.47. The van der Waals surface area contributed by atoms with Gasteiger partial charge < -0.3 is 10.4 Å². The van der Waals surface area contributed by atoms with Crippen LogP contribution in [0.25, 0.3) is 0 Å². The molecule has 13 heavy (non-hydrogen) atoms. The lowest BCUT2D eigenvalue weighted by molar-refractivity contribution is -0.138. The highest BCUT2D eigenvalue weighted by Gasteiger charge is 2.26. The number of carbonyl (C=O) groups is 2. The van der Waals surface area contributed by atoms with Crippen molar-refractivity contribution >= 4 is 23.6 Å². The van der Waals surface area contributed by atoms with Gasteiger partial charge in [-0.1, -0.05) is 0 Å². The Kier molecular flexibility index (Phi) is 3.56. The maximum Gasteiger partial charge on any atom is 0.322 e. The molecule has 1 aliphatic rings. The van der Waals surface area contributed by atoms with Gasteiger partial charge in [-0.2, -0.15) is 0 Å². The first-order valence-corrected chi connectivity index (χ1v) is 5.01. The van der Waals surface area contributed by atoms with E-state index in [0.29, 0.717) is 5.75 Å². The first kappa shape index (κ1) is 10.3. The van der Waals surface area contributed by atoms with E-state index in [4.69, 9.17) is 5.11 Å². The Labute approximate surface area is 80.3 Å². The number of carboxylic acid groups (broad SMARTS) is 1. The summed E-state index contributed by atoms with van der Waals surface area (Å²) in [5.74, 6) is -0.557. The molecule has 0 aromatic heterocycles. The second kappa shape index (κ2) is 4.48. The molecule has 0 radical (unpaired) electrons. The molecule has 74 valence electrons. The number of carbonyl (C=O) groups excluding carboxylic acids is 1. The zero-order chi connectivity index (χ0) is 9.84. The van der Waals surface area contributed by atoms with Crippen molar-refractivity contribution in [2.45, 2.75) is 18.3 Å². The summed E-state index contributed by atoms with van der Waals surface area (Å²) in [6.45, 7) is 1.66. The Hall–Kier alpha value is -0.750. The van der Waals surface area contributed by atoms with Crippen molar-refractivity contribution < 1.29 is 14.7 Å². The number of hydrogen-bond donors (Lipinski definition) is 3. The normalized spacial score (nSPS) is 27.2. The molecule has 0 aromatic rings. The number of aliphatic carboxylic acids is 1. The van der Waals surface area contributed by atoms with Crippen LogP contribution in [0.1, 0.15) is 6.92 Å². The van der Waals surface area contributed by atoms with Gasteiger partial charge in [-0.05, 0) is 6.92 Å². The van der Waals surface area contributed by atoms with Gasteiger partial charge in [0.25, 0.3) is 0 Å². The fraction of sp³-hybridized carbons (Fsp3) is 0.714. The van der Waals surface area contributed by atoms with Crippen LogP contribution in [0.5, 0.6) is 0 Å². The Morgan fingerprint density at radius 2 is 2.38 bits per heavy atom. The van der Waals surface area contributed by atoms with E-state index >= 15 is 0 Å². The predicted molar refractivity (Wildman–Crippen MR) is 49.5 cm³/mol. The third-order valence-corrected chi connectivity index (χ3v) is 2.84. The molecule has 6 heteroatoms.